The number of rotatable bonds is 6. The molecule has 1 aromatic heterocycles. The van der Waals surface area contributed by atoms with E-state index >= 15 is 0 Å². The summed E-state index contributed by atoms with van der Waals surface area (Å²) >= 11 is 0. The van der Waals surface area contributed by atoms with E-state index in [0.29, 0.717) is 0 Å². The van der Waals surface area contributed by atoms with Crippen molar-refractivity contribution >= 4 is 10.9 Å². The minimum atomic E-state index is -0.0168. The van der Waals surface area contributed by atoms with Gasteiger partial charge in [0, 0.05) is 23.6 Å². The van der Waals surface area contributed by atoms with Crippen molar-refractivity contribution in [3.63, 3.8) is 0 Å². The normalized spacial score (nSPS) is 12.2. The van der Waals surface area contributed by atoms with Crippen molar-refractivity contribution in [2.45, 2.75) is 38.6 Å². The zero-order valence-electron chi connectivity index (χ0n) is 13.6. The molecule has 0 amide bonds. The maximum atomic E-state index is 9.61. The lowest BCUT2D eigenvalue weighted by atomic mass is 9.95. The maximum absolute atomic E-state index is 9.61. The standard InChI is InChI=1S/C21H22N2/c1-2-3-11-18(14-22)20-16-23(15-17-9-5-4-6-10-17)21-13-8-7-12-19(20)21/h4-10,12-13,16,18H,2-3,11,15H2,1H3. The number of fused-ring (bicyclic) bond motifs is 1. The van der Waals surface area contributed by atoms with Crippen LogP contribution in [0, 0.1) is 11.3 Å². The van der Waals surface area contributed by atoms with Crippen LogP contribution in [-0.2, 0) is 6.54 Å². The molecule has 0 bridgehead atoms. The molecule has 0 radical (unpaired) electrons. The molecular weight excluding hydrogens is 280 g/mol. The Morgan fingerprint density at radius 1 is 1.04 bits per heavy atom. The number of para-hydroxylation sites is 1. The lowest BCUT2D eigenvalue weighted by Gasteiger charge is -2.07. The van der Waals surface area contributed by atoms with E-state index in [1.54, 1.807) is 0 Å². The second-order valence-corrected chi connectivity index (χ2v) is 6.04. The van der Waals surface area contributed by atoms with Gasteiger partial charge in [0.15, 0.2) is 0 Å². The van der Waals surface area contributed by atoms with Crippen LogP contribution >= 0.6 is 0 Å². The summed E-state index contributed by atoms with van der Waals surface area (Å²) in [4.78, 5) is 0. The van der Waals surface area contributed by atoms with Crippen LogP contribution in [0.5, 0.6) is 0 Å². The number of hydrogen-bond acceptors (Lipinski definition) is 1. The third-order valence-electron chi connectivity index (χ3n) is 4.39. The van der Waals surface area contributed by atoms with E-state index in [0.717, 1.165) is 25.8 Å². The van der Waals surface area contributed by atoms with Crippen molar-refractivity contribution in [3.8, 4) is 6.07 Å². The minimum Gasteiger partial charge on any atom is -0.343 e. The highest BCUT2D eigenvalue weighted by molar-refractivity contribution is 5.85. The Labute approximate surface area is 138 Å². The Balaban J connectivity index is 2.01. The lowest BCUT2D eigenvalue weighted by Crippen LogP contribution is -1.98. The zero-order chi connectivity index (χ0) is 16.1. The molecule has 116 valence electrons. The van der Waals surface area contributed by atoms with Crippen molar-refractivity contribution in [2.75, 3.05) is 0 Å². The van der Waals surface area contributed by atoms with Crippen LogP contribution in [0.2, 0.25) is 0 Å². The predicted molar refractivity (Wildman–Crippen MR) is 95.4 cm³/mol. The van der Waals surface area contributed by atoms with E-state index < -0.39 is 0 Å². The van der Waals surface area contributed by atoms with Gasteiger partial charge < -0.3 is 4.57 Å². The molecule has 0 spiro atoms. The number of unbranched alkanes of at least 4 members (excludes halogenated alkanes) is 1. The van der Waals surface area contributed by atoms with Crippen LogP contribution < -0.4 is 0 Å². The van der Waals surface area contributed by atoms with Gasteiger partial charge in [-0.2, -0.15) is 5.26 Å². The van der Waals surface area contributed by atoms with Crippen LogP contribution in [0.25, 0.3) is 10.9 Å². The predicted octanol–water partition coefficient (Wildman–Crippen LogP) is 5.49. The van der Waals surface area contributed by atoms with Crippen LogP contribution in [0.4, 0.5) is 0 Å². The van der Waals surface area contributed by atoms with Gasteiger partial charge in [0.2, 0.25) is 0 Å². The molecule has 2 heteroatoms. The third-order valence-corrected chi connectivity index (χ3v) is 4.39. The summed E-state index contributed by atoms with van der Waals surface area (Å²) in [5.74, 6) is -0.0168. The first kappa shape index (κ1) is 15.4. The van der Waals surface area contributed by atoms with Crippen molar-refractivity contribution < 1.29 is 0 Å². The molecule has 0 saturated heterocycles. The fourth-order valence-corrected chi connectivity index (χ4v) is 3.16. The minimum absolute atomic E-state index is 0.0168. The number of nitriles is 1. The summed E-state index contributed by atoms with van der Waals surface area (Å²) in [5.41, 5.74) is 3.66. The first-order valence-electron chi connectivity index (χ1n) is 8.34. The van der Waals surface area contributed by atoms with Crippen LogP contribution in [-0.4, -0.2) is 4.57 Å². The summed E-state index contributed by atoms with van der Waals surface area (Å²) in [6, 6.07) is 21.4. The largest absolute Gasteiger partial charge is 0.343 e. The molecule has 0 aliphatic heterocycles. The molecule has 0 N–H and O–H groups in total. The second kappa shape index (κ2) is 7.15. The highest BCUT2D eigenvalue weighted by Gasteiger charge is 2.17. The first-order valence-corrected chi connectivity index (χ1v) is 8.34. The molecule has 0 fully saturated rings. The molecule has 3 aromatic rings. The van der Waals surface area contributed by atoms with Gasteiger partial charge in [-0.05, 0) is 23.6 Å². The van der Waals surface area contributed by atoms with Crippen molar-refractivity contribution in [1.29, 1.82) is 5.26 Å². The molecule has 0 aliphatic carbocycles. The molecule has 1 unspecified atom stereocenters. The Morgan fingerprint density at radius 2 is 1.78 bits per heavy atom. The van der Waals surface area contributed by atoms with Gasteiger partial charge in [-0.3, -0.25) is 0 Å². The first-order chi connectivity index (χ1) is 11.3. The average molecular weight is 302 g/mol. The highest BCUT2D eigenvalue weighted by atomic mass is 15.0. The molecule has 23 heavy (non-hydrogen) atoms. The van der Waals surface area contributed by atoms with Gasteiger partial charge in [-0.15, -0.1) is 0 Å². The summed E-state index contributed by atoms with van der Waals surface area (Å²) in [5, 5.41) is 10.8. The fraction of sp³-hybridized carbons (Fsp3) is 0.286. The Hall–Kier alpha value is -2.53. The molecule has 2 aromatic carbocycles. The van der Waals surface area contributed by atoms with Gasteiger partial charge in [-0.1, -0.05) is 68.3 Å². The summed E-state index contributed by atoms with van der Waals surface area (Å²) in [6.07, 6.45) is 5.34. The average Bonchev–Trinajstić information content (AvgIpc) is 2.96. The smallest absolute Gasteiger partial charge is 0.0733 e. The van der Waals surface area contributed by atoms with E-state index in [4.69, 9.17) is 0 Å². The van der Waals surface area contributed by atoms with Crippen LogP contribution in [0.1, 0.15) is 43.2 Å². The molecule has 2 nitrogen and oxygen atoms in total. The van der Waals surface area contributed by atoms with Crippen molar-refractivity contribution in [1.82, 2.24) is 4.57 Å². The van der Waals surface area contributed by atoms with Crippen molar-refractivity contribution in [3.05, 3.63) is 71.9 Å². The number of benzene rings is 2. The molecular formula is C21H22N2. The molecule has 1 atom stereocenters. The summed E-state index contributed by atoms with van der Waals surface area (Å²) in [6.45, 7) is 3.01. The van der Waals surface area contributed by atoms with Crippen molar-refractivity contribution in [2.24, 2.45) is 0 Å². The van der Waals surface area contributed by atoms with E-state index in [9.17, 15) is 5.26 Å². The van der Waals surface area contributed by atoms with Gasteiger partial charge >= 0.3 is 0 Å². The quantitative estimate of drug-likeness (QED) is 0.592. The van der Waals surface area contributed by atoms with E-state index in [-0.39, 0.29) is 5.92 Å². The number of hydrogen-bond donors (Lipinski definition) is 0. The molecule has 0 aliphatic rings. The Kier molecular flexibility index (Phi) is 4.78. The van der Waals surface area contributed by atoms with E-state index in [1.807, 2.05) is 6.07 Å². The molecule has 0 saturated carbocycles. The van der Waals surface area contributed by atoms with E-state index in [1.165, 1.54) is 22.0 Å². The number of aromatic nitrogens is 1. The van der Waals surface area contributed by atoms with E-state index in [2.05, 4.69) is 72.3 Å². The molecule has 1 heterocycles. The topological polar surface area (TPSA) is 28.7 Å². The summed E-state index contributed by atoms with van der Waals surface area (Å²) < 4.78 is 2.27. The maximum Gasteiger partial charge on any atom is 0.0733 e. The van der Waals surface area contributed by atoms with Gasteiger partial charge in [-0.25, -0.2) is 0 Å². The Bertz CT molecular complexity index is 809. The second-order valence-electron chi connectivity index (χ2n) is 6.04. The number of nitrogens with zero attached hydrogens (tertiary/aromatic N) is 2. The summed E-state index contributed by atoms with van der Waals surface area (Å²) in [7, 11) is 0. The lowest BCUT2D eigenvalue weighted by molar-refractivity contribution is 0.671. The highest BCUT2D eigenvalue weighted by Crippen LogP contribution is 2.31. The Morgan fingerprint density at radius 3 is 2.52 bits per heavy atom. The monoisotopic (exact) mass is 302 g/mol. The zero-order valence-corrected chi connectivity index (χ0v) is 13.6. The van der Waals surface area contributed by atoms with Gasteiger partial charge in [0.1, 0.15) is 0 Å². The van der Waals surface area contributed by atoms with Crippen LogP contribution in [0.3, 0.4) is 0 Å². The molecule has 3 rings (SSSR count). The third kappa shape index (κ3) is 3.29. The SMILES string of the molecule is CCCCC(C#N)c1cn(Cc2ccccc2)c2ccccc12. The van der Waals surface area contributed by atoms with Gasteiger partial charge in [0.25, 0.3) is 0 Å². The van der Waals surface area contributed by atoms with Gasteiger partial charge in [0.05, 0.1) is 12.0 Å². The van der Waals surface area contributed by atoms with Crippen LogP contribution in [0.15, 0.2) is 60.8 Å². The fourth-order valence-electron chi connectivity index (χ4n) is 3.16.